The number of carbonyl (C=O) groups is 1. The topological polar surface area (TPSA) is 64.1 Å². The van der Waals surface area contributed by atoms with Crippen molar-refractivity contribution in [2.45, 2.75) is 10.8 Å². The van der Waals surface area contributed by atoms with Crippen LogP contribution in [0.3, 0.4) is 0 Å². The molecule has 0 aliphatic heterocycles. The lowest BCUT2D eigenvalue weighted by atomic mass is 10.1. The molecule has 0 aliphatic rings. The molecule has 0 radical (unpaired) electrons. The fourth-order valence-corrected chi connectivity index (χ4v) is 3.03. The number of hydrogen-bond acceptors (Lipinski definition) is 5. The van der Waals surface area contributed by atoms with E-state index >= 15 is 0 Å². The molecule has 1 aromatic heterocycles. The van der Waals surface area contributed by atoms with E-state index in [0.717, 1.165) is 10.6 Å². The molecular formula is C19H16FN3O2S. The van der Waals surface area contributed by atoms with Crippen molar-refractivity contribution in [1.82, 2.24) is 9.97 Å². The fourth-order valence-electron chi connectivity index (χ4n) is 2.27. The van der Waals surface area contributed by atoms with E-state index in [1.807, 2.05) is 12.1 Å². The highest BCUT2D eigenvalue weighted by Crippen LogP contribution is 2.22. The molecule has 3 rings (SSSR count). The van der Waals surface area contributed by atoms with Gasteiger partial charge in [-0.1, -0.05) is 12.1 Å². The number of methoxy groups -OCH3 is 1. The summed E-state index contributed by atoms with van der Waals surface area (Å²) in [5.41, 5.74) is 1.85. The number of thioether (sulfide) groups is 1. The molecule has 0 unspecified atom stereocenters. The Labute approximate surface area is 154 Å². The summed E-state index contributed by atoms with van der Waals surface area (Å²) in [4.78, 5) is 20.6. The van der Waals surface area contributed by atoms with Crippen LogP contribution >= 0.6 is 11.8 Å². The van der Waals surface area contributed by atoms with Crippen molar-refractivity contribution in [2.75, 3.05) is 12.4 Å². The second-order valence-electron chi connectivity index (χ2n) is 5.34. The van der Waals surface area contributed by atoms with Gasteiger partial charge in [0.1, 0.15) is 5.03 Å². The average Bonchev–Trinajstić information content (AvgIpc) is 2.67. The van der Waals surface area contributed by atoms with Crippen LogP contribution in [0.15, 0.2) is 66.1 Å². The molecule has 5 nitrogen and oxygen atoms in total. The molecule has 0 saturated carbocycles. The number of hydrogen-bond donors (Lipinski definition) is 1. The number of rotatable bonds is 6. The van der Waals surface area contributed by atoms with Crippen LogP contribution in [0.5, 0.6) is 5.75 Å². The largest absolute Gasteiger partial charge is 0.494 e. The number of carbonyl (C=O) groups excluding carboxylic acids is 1. The Bertz CT molecular complexity index is 906. The van der Waals surface area contributed by atoms with Crippen LogP contribution in [0.25, 0.3) is 0 Å². The van der Waals surface area contributed by atoms with Crippen LogP contribution in [0, 0.1) is 5.82 Å². The standard InChI is InChI=1S/C19H16FN3O2S/c1-25-17-6-5-15(10-16(17)20)23-19(24)14-4-2-3-13(9-14)12-26-18-11-21-7-8-22-18/h2-11H,12H2,1H3,(H,23,24). The van der Waals surface area contributed by atoms with Crippen molar-refractivity contribution in [3.05, 3.63) is 78.0 Å². The lowest BCUT2D eigenvalue weighted by Crippen LogP contribution is -2.12. The highest BCUT2D eigenvalue weighted by molar-refractivity contribution is 7.98. The second kappa shape index (κ2) is 8.44. The monoisotopic (exact) mass is 369 g/mol. The molecule has 1 heterocycles. The van der Waals surface area contributed by atoms with Gasteiger partial charge in [-0.15, -0.1) is 11.8 Å². The minimum Gasteiger partial charge on any atom is -0.494 e. The molecule has 0 bridgehead atoms. The van der Waals surface area contributed by atoms with E-state index < -0.39 is 5.82 Å². The van der Waals surface area contributed by atoms with E-state index in [0.29, 0.717) is 17.0 Å². The van der Waals surface area contributed by atoms with Gasteiger partial charge in [-0.05, 0) is 29.8 Å². The number of aromatic nitrogens is 2. The summed E-state index contributed by atoms with van der Waals surface area (Å²) < 4.78 is 18.6. The first-order chi connectivity index (χ1) is 12.7. The van der Waals surface area contributed by atoms with Gasteiger partial charge in [-0.25, -0.2) is 9.37 Å². The molecule has 26 heavy (non-hydrogen) atoms. The Kier molecular flexibility index (Phi) is 5.80. The third-order valence-electron chi connectivity index (χ3n) is 3.53. The Hall–Kier alpha value is -2.93. The number of amides is 1. The number of halogens is 1. The van der Waals surface area contributed by atoms with Gasteiger partial charge in [0.15, 0.2) is 11.6 Å². The van der Waals surface area contributed by atoms with E-state index in [-0.39, 0.29) is 11.7 Å². The first-order valence-corrected chi connectivity index (χ1v) is 8.77. The quantitative estimate of drug-likeness (QED) is 0.661. The second-order valence-corrected chi connectivity index (χ2v) is 6.33. The van der Waals surface area contributed by atoms with Gasteiger partial charge in [0.2, 0.25) is 0 Å². The van der Waals surface area contributed by atoms with Crippen molar-refractivity contribution in [2.24, 2.45) is 0 Å². The molecule has 1 amide bonds. The SMILES string of the molecule is COc1ccc(NC(=O)c2cccc(CSc3cnccn3)c2)cc1F. The molecular weight excluding hydrogens is 353 g/mol. The predicted molar refractivity (Wildman–Crippen MR) is 98.9 cm³/mol. The van der Waals surface area contributed by atoms with Gasteiger partial charge in [-0.3, -0.25) is 9.78 Å². The Morgan fingerprint density at radius 1 is 1.23 bits per heavy atom. The zero-order valence-corrected chi connectivity index (χ0v) is 14.8. The maximum absolute atomic E-state index is 13.7. The van der Waals surface area contributed by atoms with Crippen LogP contribution in [-0.4, -0.2) is 23.0 Å². The first kappa shape index (κ1) is 17.9. The summed E-state index contributed by atoms with van der Waals surface area (Å²) in [6, 6.07) is 11.6. The molecule has 3 aromatic rings. The van der Waals surface area contributed by atoms with Gasteiger partial charge >= 0.3 is 0 Å². The van der Waals surface area contributed by atoms with Crippen molar-refractivity contribution in [3.63, 3.8) is 0 Å². The van der Waals surface area contributed by atoms with Crippen LogP contribution < -0.4 is 10.1 Å². The maximum atomic E-state index is 13.7. The Morgan fingerprint density at radius 2 is 2.12 bits per heavy atom. The van der Waals surface area contributed by atoms with Crippen molar-refractivity contribution >= 4 is 23.4 Å². The molecule has 0 saturated heterocycles. The van der Waals surface area contributed by atoms with Gasteiger partial charge in [0.25, 0.3) is 5.91 Å². The first-order valence-electron chi connectivity index (χ1n) is 7.78. The van der Waals surface area contributed by atoms with Gasteiger partial charge in [0, 0.05) is 35.5 Å². The number of nitrogens with zero attached hydrogens (tertiary/aromatic N) is 2. The lowest BCUT2D eigenvalue weighted by Gasteiger charge is -2.08. The fraction of sp³-hybridized carbons (Fsp3) is 0.105. The highest BCUT2D eigenvalue weighted by atomic mass is 32.2. The highest BCUT2D eigenvalue weighted by Gasteiger charge is 2.10. The zero-order valence-electron chi connectivity index (χ0n) is 14.0. The lowest BCUT2D eigenvalue weighted by molar-refractivity contribution is 0.102. The molecule has 0 fully saturated rings. The minimum absolute atomic E-state index is 0.131. The van der Waals surface area contributed by atoms with Crippen LogP contribution in [-0.2, 0) is 5.75 Å². The van der Waals surface area contributed by atoms with E-state index in [2.05, 4.69) is 15.3 Å². The molecule has 7 heteroatoms. The van der Waals surface area contributed by atoms with Gasteiger partial charge in [0.05, 0.1) is 13.3 Å². The van der Waals surface area contributed by atoms with Crippen molar-refractivity contribution < 1.29 is 13.9 Å². The molecule has 132 valence electrons. The number of benzene rings is 2. The average molecular weight is 369 g/mol. The maximum Gasteiger partial charge on any atom is 0.255 e. The normalized spacial score (nSPS) is 10.4. The summed E-state index contributed by atoms with van der Waals surface area (Å²) in [5.74, 6) is -0.0388. The van der Waals surface area contributed by atoms with Crippen molar-refractivity contribution in [3.8, 4) is 5.75 Å². The predicted octanol–water partition coefficient (Wildman–Crippen LogP) is 4.17. The Balaban J connectivity index is 1.67. The number of ether oxygens (including phenoxy) is 1. The van der Waals surface area contributed by atoms with E-state index in [1.54, 1.807) is 36.8 Å². The van der Waals surface area contributed by atoms with Crippen LogP contribution in [0.2, 0.25) is 0 Å². The third-order valence-corrected chi connectivity index (χ3v) is 4.51. The molecule has 1 N–H and O–H groups in total. The third kappa shape index (κ3) is 4.58. The molecule has 0 spiro atoms. The van der Waals surface area contributed by atoms with E-state index in [9.17, 15) is 9.18 Å². The summed E-state index contributed by atoms with van der Waals surface area (Å²) >= 11 is 1.54. The summed E-state index contributed by atoms with van der Waals surface area (Å²) in [5, 5.41) is 3.50. The summed E-state index contributed by atoms with van der Waals surface area (Å²) in [6.45, 7) is 0. The molecule has 2 aromatic carbocycles. The molecule has 0 atom stereocenters. The van der Waals surface area contributed by atoms with Crippen LogP contribution in [0.1, 0.15) is 15.9 Å². The smallest absolute Gasteiger partial charge is 0.255 e. The Morgan fingerprint density at radius 3 is 2.85 bits per heavy atom. The zero-order chi connectivity index (χ0) is 18.4. The summed E-state index contributed by atoms with van der Waals surface area (Å²) in [6.07, 6.45) is 4.96. The number of anilines is 1. The number of nitrogens with one attached hydrogen (secondary N) is 1. The van der Waals surface area contributed by atoms with E-state index in [4.69, 9.17) is 4.74 Å². The van der Waals surface area contributed by atoms with Gasteiger partial charge < -0.3 is 10.1 Å². The van der Waals surface area contributed by atoms with Gasteiger partial charge in [-0.2, -0.15) is 0 Å². The summed E-state index contributed by atoms with van der Waals surface area (Å²) in [7, 11) is 1.39. The minimum atomic E-state index is -0.528. The van der Waals surface area contributed by atoms with Crippen molar-refractivity contribution in [1.29, 1.82) is 0 Å². The van der Waals surface area contributed by atoms with E-state index in [1.165, 1.54) is 31.0 Å². The van der Waals surface area contributed by atoms with Crippen LogP contribution in [0.4, 0.5) is 10.1 Å². The molecule has 0 aliphatic carbocycles.